The van der Waals surface area contributed by atoms with Crippen molar-refractivity contribution in [2.45, 2.75) is 73.3 Å². The van der Waals surface area contributed by atoms with Crippen molar-refractivity contribution < 1.29 is 24.6 Å². The van der Waals surface area contributed by atoms with E-state index in [0.717, 1.165) is 25.7 Å². The molecule has 6 nitrogen and oxygen atoms in total. The molecule has 0 aromatic heterocycles. The fourth-order valence-corrected chi connectivity index (χ4v) is 3.64. The number of allylic oxidation sites excluding steroid dienone is 5. The van der Waals surface area contributed by atoms with Gasteiger partial charge in [-0.05, 0) is 53.4 Å². The summed E-state index contributed by atoms with van der Waals surface area (Å²) in [5.41, 5.74) is 3.99. The summed E-state index contributed by atoms with van der Waals surface area (Å²) in [5, 5.41) is 20.8. The van der Waals surface area contributed by atoms with Crippen molar-refractivity contribution in [1.82, 2.24) is 5.32 Å². The fraction of sp³-hybridized carbons (Fsp3) is 0.625. The van der Waals surface area contributed by atoms with E-state index in [0.29, 0.717) is 5.75 Å². The van der Waals surface area contributed by atoms with Crippen LogP contribution in [0.2, 0.25) is 0 Å². The Labute approximate surface area is 191 Å². The predicted octanol–water partition coefficient (Wildman–Crippen LogP) is 5.07. The highest BCUT2D eigenvalue weighted by Crippen LogP contribution is 2.14. The molecule has 0 aliphatic rings. The molecule has 0 aliphatic heterocycles. The molecule has 0 radical (unpaired) electrons. The van der Waals surface area contributed by atoms with Crippen molar-refractivity contribution in [2.75, 3.05) is 11.5 Å². The molecule has 7 heteroatoms. The van der Waals surface area contributed by atoms with E-state index >= 15 is 0 Å². The van der Waals surface area contributed by atoms with Gasteiger partial charge in [-0.2, -0.15) is 11.8 Å². The van der Waals surface area contributed by atoms with E-state index < -0.39 is 35.7 Å². The van der Waals surface area contributed by atoms with Gasteiger partial charge in [0.2, 0.25) is 5.91 Å². The van der Waals surface area contributed by atoms with Gasteiger partial charge in [-0.3, -0.25) is 9.59 Å². The molecule has 0 aromatic carbocycles. The molecule has 0 heterocycles. The lowest BCUT2D eigenvalue weighted by atomic mass is 9.95. The summed E-state index contributed by atoms with van der Waals surface area (Å²) in [4.78, 5) is 34.6. The van der Waals surface area contributed by atoms with Crippen LogP contribution in [0.3, 0.4) is 0 Å². The maximum Gasteiger partial charge on any atom is 0.327 e. The third-order valence-corrected chi connectivity index (χ3v) is 6.10. The van der Waals surface area contributed by atoms with Gasteiger partial charge in [-0.15, -0.1) is 0 Å². The number of carbonyl (C=O) groups is 3. The average molecular weight is 454 g/mol. The topological polar surface area (TPSA) is 104 Å². The van der Waals surface area contributed by atoms with Gasteiger partial charge in [0, 0.05) is 17.4 Å². The van der Waals surface area contributed by atoms with E-state index in [1.54, 1.807) is 0 Å². The van der Waals surface area contributed by atoms with Crippen LogP contribution >= 0.6 is 11.8 Å². The standard InChI is InChI=1S/C24H39NO5S/c1-16(2)9-7-10-17(3)11-8-12-18(4)13-14-31-15-21(24(29)30)25-22(26)19(5)20(6)23(27)28/h9,11,13,19-21H,7-8,10,12,14-15H2,1-6H3,(H,25,26)(H,27,28)(H,29,30)/b17-11+,18-13+. The van der Waals surface area contributed by atoms with Crippen molar-refractivity contribution in [1.29, 1.82) is 0 Å². The molecular formula is C24H39NO5S. The Morgan fingerprint density at radius 2 is 1.39 bits per heavy atom. The number of nitrogens with one attached hydrogen (secondary N) is 1. The van der Waals surface area contributed by atoms with E-state index in [-0.39, 0.29) is 5.75 Å². The highest BCUT2D eigenvalue weighted by atomic mass is 32.2. The zero-order valence-electron chi connectivity index (χ0n) is 19.7. The summed E-state index contributed by atoms with van der Waals surface area (Å²) in [7, 11) is 0. The van der Waals surface area contributed by atoms with Gasteiger partial charge in [0.1, 0.15) is 6.04 Å². The zero-order chi connectivity index (χ0) is 24.0. The minimum atomic E-state index is -1.12. The summed E-state index contributed by atoms with van der Waals surface area (Å²) < 4.78 is 0. The molecule has 0 saturated carbocycles. The molecule has 0 aliphatic carbocycles. The molecule has 0 fully saturated rings. The number of amides is 1. The Morgan fingerprint density at radius 3 is 1.90 bits per heavy atom. The van der Waals surface area contributed by atoms with Crippen LogP contribution in [0.25, 0.3) is 0 Å². The summed E-state index contributed by atoms with van der Waals surface area (Å²) in [6.45, 7) is 11.4. The van der Waals surface area contributed by atoms with Crippen molar-refractivity contribution in [3.63, 3.8) is 0 Å². The molecule has 1 amide bonds. The molecular weight excluding hydrogens is 414 g/mol. The van der Waals surface area contributed by atoms with Crippen LogP contribution < -0.4 is 5.32 Å². The van der Waals surface area contributed by atoms with Crippen LogP contribution in [0.1, 0.15) is 67.2 Å². The van der Waals surface area contributed by atoms with Crippen molar-refractivity contribution in [3.8, 4) is 0 Å². The van der Waals surface area contributed by atoms with Crippen molar-refractivity contribution in [2.24, 2.45) is 11.8 Å². The molecule has 0 bridgehead atoms. The van der Waals surface area contributed by atoms with Gasteiger partial charge in [-0.1, -0.05) is 48.8 Å². The lowest BCUT2D eigenvalue weighted by Crippen LogP contribution is -2.46. The van der Waals surface area contributed by atoms with Gasteiger partial charge in [-0.25, -0.2) is 4.79 Å². The van der Waals surface area contributed by atoms with Gasteiger partial charge < -0.3 is 15.5 Å². The number of carboxylic acid groups (broad SMARTS) is 2. The summed E-state index contributed by atoms with van der Waals surface area (Å²) in [6, 6.07) is -1.04. The van der Waals surface area contributed by atoms with E-state index in [1.807, 2.05) is 0 Å². The Kier molecular flexibility index (Phi) is 14.7. The third kappa shape index (κ3) is 13.8. The second-order valence-corrected chi connectivity index (χ2v) is 9.39. The highest BCUT2D eigenvalue weighted by Gasteiger charge is 2.29. The maximum atomic E-state index is 12.1. The summed E-state index contributed by atoms with van der Waals surface area (Å²) in [5.74, 6) is -3.55. The first-order valence-corrected chi connectivity index (χ1v) is 11.9. The predicted molar refractivity (Wildman–Crippen MR) is 128 cm³/mol. The Hall–Kier alpha value is -2.02. The van der Waals surface area contributed by atoms with Crippen LogP contribution in [0, 0.1) is 11.8 Å². The van der Waals surface area contributed by atoms with E-state index in [1.165, 1.54) is 42.3 Å². The zero-order valence-corrected chi connectivity index (χ0v) is 20.6. The first-order valence-electron chi connectivity index (χ1n) is 10.7. The minimum absolute atomic E-state index is 0.225. The fourth-order valence-electron chi connectivity index (χ4n) is 2.64. The van der Waals surface area contributed by atoms with Gasteiger partial charge in [0.05, 0.1) is 5.92 Å². The van der Waals surface area contributed by atoms with Crippen molar-refractivity contribution >= 4 is 29.6 Å². The maximum absolute atomic E-state index is 12.1. The smallest absolute Gasteiger partial charge is 0.327 e. The lowest BCUT2D eigenvalue weighted by Gasteiger charge is -2.19. The SMILES string of the molecule is CC(C)=CCC/C(C)=C/CC/C(C)=C/CSCC(NC(=O)C(C)C(C)C(=O)O)C(=O)O. The van der Waals surface area contributed by atoms with E-state index in [4.69, 9.17) is 5.11 Å². The van der Waals surface area contributed by atoms with E-state index in [9.17, 15) is 19.5 Å². The van der Waals surface area contributed by atoms with Crippen molar-refractivity contribution in [3.05, 3.63) is 34.9 Å². The van der Waals surface area contributed by atoms with Crippen LogP contribution in [0.5, 0.6) is 0 Å². The van der Waals surface area contributed by atoms with Crippen LogP contribution in [0.15, 0.2) is 34.9 Å². The molecule has 0 rings (SSSR count). The van der Waals surface area contributed by atoms with Crippen LogP contribution in [0.4, 0.5) is 0 Å². The Bertz CT molecular complexity index is 692. The number of carbonyl (C=O) groups excluding carboxylic acids is 1. The number of carboxylic acids is 2. The molecule has 0 saturated heterocycles. The Balaban J connectivity index is 4.41. The second kappa shape index (κ2) is 15.7. The van der Waals surface area contributed by atoms with Gasteiger partial charge in [0.25, 0.3) is 0 Å². The summed E-state index contributed by atoms with van der Waals surface area (Å²) in [6.07, 6.45) is 10.7. The van der Waals surface area contributed by atoms with E-state index in [2.05, 4.69) is 51.2 Å². The minimum Gasteiger partial charge on any atom is -0.481 e. The number of thioether (sulfide) groups is 1. The molecule has 3 unspecified atom stereocenters. The van der Waals surface area contributed by atoms with Crippen LogP contribution in [-0.4, -0.2) is 45.6 Å². The molecule has 31 heavy (non-hydrogen) atoms. The molecule has 3 N–H and O–H groups in total. The molecule has 0 spiro atoms. The number of aliphatic carboxylic acids is 2. The average Bonchev–Trinajstić information content (AvgIpc) is 2.68. The van der Waals surface area contributed by atoms with Gasteiger partial charge >= 0.3 is 11.9 Å². The number of hydrogen-bond donors (Lipinski definition) is 3. The molecule has 3 atom stereocenters. The first-order chi connectivity index (χ1) is 14.5. The largest absolute Gasteiger partial charge is 0.481 e. The molecule has 176 valence electrons. The second-order valence-electron chi connectivity index (χ2n) is 8.31. The Morgan fingerprint density at radius 1 is 0.839 bits per heavy atom. The first kappa shape index (κ1) is 29.0. The van der Waals surface area contributed by atoms with Gasteiger partial charge in [0.15, 0.2) is 0 Å². The lowest BCUT2D eigenvalue weighted by molar-refractivity contribution is -0.147. The quantitative estimate of drug-likeness (QED) is 0.236. The summed E-state index contributed by atoms with van der Waals surface area (Å²) >= 11 is 1.43. The number of rotatable bonds is 15. The highest BCUT2D eigenvalue weighted by molar-refractivity contribution is 7.99. The normalized spacial score (nSPS) is 15.0. The molecule has 0 aromatic rings. The van der Waals surface area contributed by atoms with Crippen LogP contribution in [-0.2, 0) is 14.4 Å². The number of hydrogen-bond acceptors (Lipinski definition) is 4. The third-order valence-electron chi connectivity index (χ3n) is 5.12. The monoisotopic (exact) mass is 453 g/mol.